The number of thiophene rings is 1. The molecular weight excluding hydrogens is 1070 g/mol. The van der Waals surface area contributed by atoms with E-state index in [0.29, 0.717) is 48.5 Å². The van der Waals surface area contributed by atoms with Crippen molar-refractivity contribution in [2.45, 2.75) is 57.5 Å². The molecule has 3 atom stereocenters. The Morgan fingerprint density at radius 1 is 0.896 bits per heavy atom. The van der Waals surface area contributed by atoms with E-state index in [0.717, 1.165) is 44.9 Å². The number of aldehydes is 1. The minimum atomic E-state index is -1.37. The third-order valence-corrected chi connectivity index (χ3v) is 12.7. The molecule has 18 heteroatoms. The van der Waals surface area contributed by atoms with Crippen molar-refractivity contribution in [2.24, 2.45) is 4.99 Å². The fourth-order valence-electron chi connectivity index (χ4n) is 8.48. The van der Waals surface area contributed by atoms with Gasteiger partial charge in [-0.15, -0.1) is 11.3 Å². The number of methoxy groups -OCH3 is 3. The van der Waals surface area contributed by atoms with E-state index in [-0.39, 0.29) is 68.0 Å². The maximum atomic E-state index is 13.9. The summed E-state index contributed by atoms with van der Waals surface area (Å²) in [6.07, 6.45) is 6.02. The summed E-state index contributed by atoms with van der Waals surface area (Å²) in [6, 6.07) is 21.5. The number of thiol groups is 1. The molecule has 4 aromatic carbocycles. The fourth-order valence-corrected chi connectivity index (χ4v) is 9.43. The van der Waals surface area contributed by atoms with E-state index < -0.39 is 12.3 Å². The standard InChI is InChI=1S/C49H50N5O9S.Ir.H2OS/c1-51(2)23-30-13-31(27-62-45-20-40-39(19-44(45)61-6)48(57)53-25-34-11-12-64-47(34)18-37(53)22-50-40)15-32(14-30)28-63-46-21-41(36(26-55)17-43(46)60-5)54(29-56)49(58)42-16-35(24-52(42)3)33-7-9-38(59-4)10-8-33;;1-2/h7-15,17,19-22,24,26,37,42,49,58H,16,18,23,25,27-28H2,1-6H3;;1-2H/q-1;;. The number of carbonyl (C=O) groups excluding carboxylic acids is 3. The zero-order chi connectivity index (χ0) is 47.1. The number of benzene rings is 4. The Hall–Kier alpha value is -5.72. The first kappa shape index (κ1) is 50.7. The van der Waals surface area contributed by atoms with Gasteiger partial charge in [0.1, 0.15) is 37.2 Å². The molecule has 3 aliphatic rings. The number of aliphatic imine (C=N–C) groups is 1. The van der Waals surface area contributed by atoms with Crippen LogP contribution >= 0.6 is 24.2 Å². The summed E-state index contributed by atoms with van der Waals surface area (Å²) in [5.74, 6) is 2.01. The number of ether oxygens (including phenoxy) is 5. The molecule has 15 nitrogen and oxygen atoms in total. The Balaban J connectivity index is 0.00000244. The summed E-state index contributed by atoms with van der Waals surface area (Å²) in [5.41, 5.74) is 6.98. The molecule has 4 heterocycles. The number of aliphatic hydroxyl groups excluding tert-OH is 1. The van der Waals surface area contributed by atoms with E-state index in [4.69, 9.17) is 33.2 Å². The van der Waals surface area contributed by atoms with Gasteiger partial charge in [-0.3, -0.25) is 14.6 Å². The average Bonchev–Trinajstić information content (AvgIpc) is 3.94. The SMILES string of the molecule is COc1ccc(C2=CN(C)C(C(O)N([C-]=O)c3cc(OCc4cc(COc5cc6c(cc5OC)C(=O)N5Cc7ccsc7CC5C=N6)cc(CN(C)C)c4)c(OC)cc3C=O)C2)cc1.OS.[Ir]. The van der Waals surface area contributed by atoms with Crippen LogP contribution in [0.5, 0.6) is 28.7 Å². The van der Waals surface area contributed by atoms with Gasteiger partial charge in [-0.25, -0.2) is 0 Å². The molecule has 67 heavy (non-hydrogen) atoms. The van der Waals surface area contributed by atoms with Gasteiger partial charge in [-0.1, -0.05) is 36.0 Å². The van der Waals surface area contributed by atoms with Gasteiger partial charge >= 0.3 is 0 Å². The summed E-state index contributed by atoms with van der Waals surface area (Å²) in [4.78, 5) is 51.8. The van der Waals surface area contributed by atoms with Gasteiger partial charge < -0.3 is 57.7 Å². The van der Waals surface area contributed by atoms with Crippen molar-refractivity contribution in [3.63, 3.8) is 0 Å². The van der Waals surface area contributed by atoms with Crippen LogP contribution in [0.25, 0.3) is 5.57 Å². The van der Waals surface area contributed by atoms with Crippen LogP contribution in [-0.2, 0) is 57.6 Å². The zero-order valence-electron chi connectivity index (χ0n) is 37.8. The molecule has 0 fully saturated rings. The maximum absolute atomic E-state index is 13.9. The number of nitrogens with zero attached hydrogens (tertiary/aromatic N) is 5. The first-order chi connectivity index (χ1) is 32.0. The molecule has 1 radical (unpaired) electrons. The normalized spacial score (nSPS) is 16.2. The Morgan fingerprint density at radius 2 is 1.55 bits per heavy atom. The number of aliphatic hydroxyl groups is 1. The molecule has 355 valence electrons. The molecule has 2 N–H and O–H groups in total. The molecular formula is C49H52IrN5O10S2-. The molecule has 0 saturated heterocycles. The molecule has 0 aliphatic carbocycles. The van der Waals surface area contributed by atoms with E-state index in [1.807, 2.05) is 86.2 Å². The Morgan fingerprint density at radius 3 is 2.18 bits per heavy atom. The Bertz CT molecular complexity index is 2620. The molecule has 2 amide bonds. The predicted molar refractivity (Wildman–Crippen MR) is 257 cm³/mol. The minimum absolute atomic E-state index is 0. The number of carbonyl (C=O) groups is 2. The fraction of sp³-hybridized carbons (Fsp3) is 0.306. The average molecular weight is 1130 g/mol. The topological polar surface area (TPSA) is 163 Å². The summed E-state index contributed by atoms with van der Waals surface area (Å²) in [6.45, 7) is 1.42. The van der Waals surface area contributed by atoms with Gasteiger partial charge in [-0.2, -0.15) is 0 Å². The molecule has 0 saturated carbocycles. The zero-order valence-corrected chi connectivity index (χ0v) is 41.9. The van der Waals surface area contributed by atoms with Crippen molar-refractivity contribution >= 4 is 66.0 Å². The maximum Gasteiger partial charge on any atom is 0.257 e. The largest absolute Gasteiger partial charge is 0.497 e. The monoisotopic (exact) mass is 1130 g/mol. The van der Waals surface area contributed by atoms with Crippen LogP contribution in [0.15, 0.2) is 89.4 Å². The van der Waals surface area contributed by atoms with E-state index in [1.54, 1.807) is 37.7 Å². The van der Waals surface area contributed by atoms with Gasteiger partial charge in [0.25, 0.3) is 5.91 Å². The van der Waals surface area contributed by atoms with Crippen molar-refractivity contribution < 1.29 is 67.8 Å². The van der Waals surface area contributed by atoms with Crippen molar-refractivity contribution in [3.8, 4) is 28.7 Å². The van der Waals surface area contributed by atoms with Crippen LogP contribution in [0.2, 0.25) is 0 Å². The number of anilines is 1. The summed E-state index contributed by atoms with van der Waals surface area (Å²) in [7, 11) is 10.4. The molecule has 0 bridgehead atoms. The second kappa shape index (κ2) is 22.9. The first-order valence-corrected chi connectivity index (χ1v) is 22.2. The second-order valence-corrected chi connectivity index (χ2v) is 17.2. The summed E-state index contributed by atoms with van der Waals surface area (Å²) < 4.78 is 36.2. The quantitative estimate of drug-likeness (QED) is 0.0212. The van der Waals surface area contributed by atoms with Gasteiger partial charge in [0, 0.05) is 70.0 Å². The molecule has 8 rings (SSSR count). The molecule has 5 aromatic rings. The Kier molecular flexibility index (Phi) is 17.3. The second-order valence-electron chi connectivity index (χ2n) is 16.2. The predicted octanol–water partition coefficient (Wildman–Crippen LogP) is 7.41. The first-order valence-electron chi connectivity index (χ1n) is 20.9. The van der Waals surface area contributed by atoms with Crippen LogP contribution in [0, 0.1) is 0 Å². The number of likely N-dealkylation sites (N-methyl/N-ethyl adjacent to an activating group) is 1. The molecule has 3 aliphatic heterocycles. The van der Waals surface area contributed by atoms with Gasteiger partial charge in [0.05, 0.1) is 51.1 Å². The van der Waals surface area contributed by atoms with Crippen molar-refractivity contribution in [1.82, 2.24) is 14.7 Å². The molecule has 1 aromatic heterocycles. The third kappa shape index (κ3) is 11.2. The van der Waals surface area contributed by atoms with E-state index >= 15 is 0 Å². The van der Waals surface area contributed by atoms with Gasteiger partial charge in [0.2, 0.25) is 0 Å². The number of rotatable bonds is 17. The van der Waals surface area contributed by atoms with E-state index in [9.17, 15) is 19.5 Å². The van der Waals surface area contributed by atoms with Crippen LogP contribution in [-0.4, -0.2) is 110 Å². The van der Waals surface area contributed by atoms with E-state index in [2.05, 4.69) is 35.3 Å². The van der Waals surface area contributed by atoms with Crippen LogP contribution in [0.3, 0.4) is 0 Å². The molecule has 0 spiro atoms. The van der Waals surface area contributed by atoms with Crippen LogP contribution in [0.4, 0.5) is 11.4 Å². The number of amides is 2. The third-order valence-electron chi connectivity index (χ3n) is 11.7. The summed E-state index contributed by atoms with van der Waals surface area (Å²) in [5, 5.41) is 13.8. The Labute approximate surface area is 413 Å². The van der Waals surface area contributed by atoms with Crippen LogP contribution in [0.1, 0.15) is 59.8 Å². The number of fused-ring (bicyclic) bond motifs is 3. The van der Waals surface area contributed by atoms with Gasteiger partial charge in [0.15, 0.2) is 17.2 Å². The summed E-state index contributed by atoms with van der Waals surface area (Å²) >= 11 is 4.24. The van der Waals surface area contributed by atoms with Crippen LogP contribution < -0.4 is 28.6 Å². The number of hydrogen-bond acceptors (Lipinski definition) is 15. The van der Waals surface area contributed by atoms with E-state index in [1.165, 1.54) is 29.7 Å². The van der Waals surface area contributed by atoms with Crippen molar-refractivity contribution in [1.29, 1.82) is 0 Å². The smallest absolute Gasteiger partial charge is 0.257 e. The molecule has 3 unspecified atom stereocenters. The number of hydrogen-bond donors (Lipinski definition) is 3. The van der Waals surface area contributed by atoms with Gasteiger partial charge in [-0.05, 0) is 114 Å². The minimum Gasteiger partial charge on any atom is -0.497 e. The van der Waals surface area contributed by atoms with Crippen molar-refractivity contribution in [3.05, 3.63) is 128 Å². The van der Waals surface area contributed by atoms with Crippen molar-refractivity contribution in [2.75, 3.05) is 47.4 Å².